The molecule has 156 valence electrons. The average Bonchev–Trinajstić information content (AvgIpc) is 2.70. The van der Waals surface area contributed by atoms with Crippen molar-refractivity contribution in [2.75, 3.05) is 30.4 Å². The molecule has 0 bridgehead atoms. The Hall–Kier alpha value is -3.02. The fraction of sp³-hybridized carbons (Fsp3) is 0.391. The Morgan fingerprint density at radius 3 is 2.24 bits per heavy atom. The van der Waals surface area contributed by atoms with Gasteiger partial charge in [0.1, 0.15) is 0 Å². The van der Waals surface area contributed by atoms with Gasteiger partial charge in [0.05, 0.1) is 0 Å². The standard InChI is InChI=1S/C23H32N4O2/c1-5-27(18(2)3)21-13-11-20(12-14-21)25-22(28)15-16-24-23(29)26(4)17-19-9-7-6-8-10-19/h6-14,18H,5,15-17H2,1-4H3,(H,24,29)(H,25,28). The van der Waals surface area contributed by atoms with Crippen LogP contribution in [0.1, 0.15) is 32.8 Å². The summed E-state index contributed by atoms with van der Waals surface area (Å²) in [4.78, 5) is 28.2. The molecule has 6 heteroatoms. The minimum atomic E-state index is -0.195. The minimum Gasteiger partial charge on any atom is -0.369 e. The molecule has 0 saturated carbocycles. The highest BCUT2D eigenvalue weighted by Crippen LogP contribution is 2.20. The summed E-state index contributed by atoms with van der Waals surface area (Å²) in [5.74, 6) is -0.125. The van der Waals surface area contributed by atoms with E-state index < -0.39 is 0 Å². The molecule has 0 atom stereocenters. The lowest BCUT2D eigenvalue weighted by Crippen LogP contribution is -2.38. The first-order valence-corrected chi connectivity index (χ1v) is 10.1. The summed E-state index contributed by atoms with van der Waals surface area (Å²) in [5.41, 5.74) is 2.95. The molecule has 0 aliphatic carbocycles. The Morgan fingerprint density at radius 2 is 1.66 bits per heavy atom. The molecule has 0 aliphatic heterocycles. The lowest BCUT2D eigenvalue weighted by Gasteiger charge is -2.27. The molecular formula is C23H32N4O2. The van der Waals surface area contributed by atoms with Crippen LogP contribution in [0, 0.1) is 0 Å². The number of urea groups is 1. The van der Waals surface area contributed by atoms with Gasteiger partial charge in [-0.25, -0.2) is 4.79 Å². The van der Waals surface area contributed by atoms with Crippen molar-refractivity contribution < 1.29 is 9.59 Å². The molecule has 0 saturated heterocycles. The predicted octanol–water partition coefficient (Wildman–Crippen LogP) is 4.09. The Kier molecular flexibility index (Phi) is 8.52. The monoisotopic (exact) mass is 396 g/mol. The molecule has 0 unspecified atom stereocenters. The number of anilines is 2. The number of hydrogen-bond acceptors (Lipinski definition) is 3. The van der Waals surface area contributed by atoms with Crippen LogP contribution in [0.4, 0.5) is 16.2 Å². The highest BCUT2D eigenvalue weighted by atomic mass is 16.2. The third kappa shape index (κ3) is 7.14. The quantitative estimate of drug-likeness (QED) is 0.671. The maximum absolute atomic E-state index is 12.2. The van der Waals surface area contributed by atoms with Crippen LogP contribution in [0.3, 0.4) is 0 Å². The van der Waals surface area contributed by atoms with Crippen molar-refractivity contribution in [1.82, 2.24) is 10.2 Å². The van der Waals surface area contributed by atoms with Gasteiger partial charge in [0.25, 0.3) is 0 Å². The van der Waals surface area contributed by atoms with Crippen LogP contribution in [0.25, 0.3) is 0 Å². The van der Waals surface area contributed by atoms with Crippen LogP contribution < -0.4 is 15.5 Å². The number of benzene rings is 2. The summed E-state index contributed by atoms with van der Waals surface area (Å²) in [5, 5.41) is 5.66. The molecule has 0 spiro atoms. The summed E-state index contributed by atoms with van der Waals surface area (Å²) in [6.45, 7) is 8.19. The molecule has 2 rings (SSSR count). The minimum absolute atomic E-state index is 0.125. The number of amides is 3. The van der Waals surface area contributed by atoms with Gasteiger partial charge in [-0.2, -0.15) is 0 Å². The molecule has 0 fully saturated rings. The molecule has 2 N–H and O–H groups in total. The average molecular weight is 397 g/mol. The zero-order chi connectivity index (χ0) is 21.2. The van der Waals surface area contributed by atoms with Gasteiger partial charge in [-0.15, -0.1) is 0 Å². The fourth-order valence-corrected chi connectivity index (χ4v) is 3.15. The highest BCUT2D eigenvalue weighted by Gasteiger charge is 2.11. The SMILES string of the molecule is CCN(c1ccc(NC(=O)CCNC(=O)N(C)Cc2ccccc2)cc1)C(C)C. The molecule has 0 heterocycles. The summed E-state index contributed by atoms with van der Waals surface area (Å²) in [6, 6.07) is 17.9. The Morgan fingerprint density at radius 1 is 1.00 bits per heavy atom. The van der Waals surface area contributed by atoms with Gasteiger partial charge in [0, 0.05) is 50.5 Å². The van der Waals surface area contributed by atoms with Crippen molar-refractivity contribution in [3.63, 3.8) is 0 Å². The van der Waals surface area contributed by atoms with Gasteiger partial charge in [-0.3, -0.25) is 4.79 Å². The highest BCUT2D eigenvalue weighted by molar-refractivity contribution is 5.91. The fourth-order valence-electron chi connectivity index (χ4n) is 3.15. The lowest BCUT2D eigenvalue weighted by atomic mass is 10.2. The maximum Gasteiger partial charge on any atom is 0.317 e. The number of nitrogens with zero attached hydrogens (tertiary/aromatic N) is 2. The second-order valence-electron chi connectivity index (χ2n) is 7.30. The van der Waals surface area contributed by atoms with Crippen LogP contribution in [0.15, 0.2) is 54.6 Å². The van der Waals surface area contributed by atoms with Gasteiger partial charge in [-0.05, 0) is 50.6 Å². The first kappa shape index (κ1) is 22.3. The van der Waals surface area contributed by atoms with Crippen LogP contribution in [0.5, 0.6) is 0 Å². The number of carbonyl (C=O) groups excluding carboxylic acids is 2. The van der Waals surface area contributed by atoms with Crippen molar-refractivity contribution in [3.05, 3.63) is 60.2 Å². The number of hydrogen-bond donors (Lipinski definition) is 2. The summed E-state index contributed by atoms with van der Waals surface area (Å²) < 4.78 is 0. The van der Waals surface area contributed by atoms with Crippen LogP contribution in [-0.2, 0) is 11.3 Å². The van der Waals surface area contributed by atoms with Crippen molar-refractivity contribution in [2.45, 2.75) is 39.8 Å². The first-order chi connectivity index (χ1) is 13.9. The van der Waals surface area contributed by atoms with E-state index >= 15 is 0 Å². The van der Waals surface area contributed by atoms with Crippen LogP contribution in [-0.4, -0.2) is 43.0 Å². The predicted molar refractivity (Wildman–Crippen MR) is 119 cm³/mol. The third-order valence-corrected chi connectivity index (χ3v) is 4.68. The molecule has 3 amide bonds. The molecule has 29 heavy (non-hydrogen) atoms. The Bertz CT molecular complexity index is 775. The molecule has 0 aliphatic rings. The van der Waals surface area contributed by atoms with Gasteiger partial charge in [-0.1, -0.05) is 30.3 Å². The number of rotatable bonds is 9. The van der Waals surface area contributed by atoms with Crippen LogP contribution in [0.2, 0.25) is 0 Å². The van der Waals surface area contributed by atoms with Gasteiger partial charge < -0.3 is 20.4 Å². The van der Waals surface area contributed by atoms with E-state index in [1.54, 1.807) is 11.9 Å². The molecule has 6 nitrogen and oxygen atoms in total. The molecule has 2 aromatic rings. The number of nitrogens with one attached hydrogen (secondary N) is 2. The lowest BCUT2D eigenvalue weighted by molar-refractivity contribution is -0.116. The van der Waals surface area contributed by atoms with Crippen molar-refractivity contribution in [3.8, 4) is 0 Å². The number of carbonyl (C=O) groups is 2. The Labute approximate surface area is 173 Å². The van der Waals surface area contributed by atoms with E-state index in [0.29, 0.717) is 19.1 Å². The largest absolute Gasteiger partial charge is 0.369 e. The molecule has 2 aromatic carbocycles. The van der Waals surface area contributed by atoms with Gasteiger partial charge >= 0.3 is 6.03 Å². The molecule has 0 radical (unpaired) electrons. The third-order valence-electron chi connectivity index (χ3n) is 4.68. The van der Waals surface area contributed by atoms with E-state index in [-0.39, 0.29) is 18.4 Å². The summed E-state index contributed by atoms with van der Waals surface area (Å²) in [6.07, 6.45) is 0.222. The normalized spacial score (nSPS) is 10.5. The van der Waals surface area contributed by atoms with E-state index in [2.05, 4.69) is 36.3 Å². The zero-order valence-corrected chi connectivity index (χ0v) is 17.8. The topological polar surface area (TPSA) is 64.7 Å². The van der Waals surface area contributed by atoms with Crippen molar-refractivity contribution >= 4 is 23.3 Å². The zero-order valence-electron chi connectivity index (χ0n) is 17.8. The van der Waals surface area contributed by atoms with E-state index in [4.69, 9.17) is 0 Å². The van der Waals surface area contributed by atoms with Crippen molar-refractivity contribution in [1.29, 1.82) is 0 Å². The Balaban J connectivity index is 1.74. The summed E-state index contributed by atoms with van der Waals surface area (Å²) in [7, 11) is 1.74. The van der Waals surface area contributed by atoms with E-state index in [9.17, 15) is 9.59 Å². The van der Waals surface area contributed by atoms with Crippen LogP contribution >= 0.6 is 0 Å². The van der Waals surface area contributed by atoms with Gasteiger partial charge in [0.15, 0.2) is 0 Å². The second-order valence-corrected chi connectivity index (χ2v) is 7.30. The summed E-state index contributed by atoms with van der Waals surface area (Å²) >= 11 is 0. The second kappa shape index (κ2) is 11.1. The maximum atomic E-state index is 12.2. The first-order valence-electron chi connectivity index (χ1n) is 10.1. The van der Waals surface area contributed by atoms with E-state index in [1.807, 2.05) is 54.6 Å². The van der Waals surface area contributed by atoms with E-state index in [1.165, 1.54) is 0 Å². The smallest absolute Gasteiger partial charge is 0.317 e. The van der Waals surface area contributed by atoms with Gasteiger partial charge in [0.2, 0.25) is 5.91 Å². The molecule has 0 aromatic heterocycles. The van der Waals surface area contributed by atoms with Crippen molar-refractivity contribution in [2.24, 2.45) is 0 Å². The molecular weight excluding hydrogens is 364 g/mol. The van der Waals surface area contributed by atoms with E-state index in [0.717, 1.165) is 23.5 Å².